The lowest BCUT2D eigenvalue weighted by Crippen LogP contribution is -2.42. The first-order chi connectivity index (χ1) is 7.91. The van der Waals surface area contributed by atoms with Gasteiger partial charge in [-0.25, -0.2) is 9.78 Å². The maximum atomic E-state index is 10.8. The van der Waals surface area contributed by atoms with E-state index < -0.39 is 11.5 Å². The van der Waals surface area contributed by atoms with Crippen molar-refractivity contribution in [2.75, 3.05) is 18.5 Å². The van der Waals surface area contributed by atoms with E-state index >= 15 is 0 Å². The van der Waals surface area contributed by atoms with Gasteiger partial charge >= 0.3 is 5.97 Å². The van der Waals surface area contributed by atoms with E-state index in [2.05, 4.69) is 10.3 Å². The number of hydrogen-bond donors (Lipinski definition) is 4. The van der Waals surface area contributed by atoms with Crippen molar-refractivity contribution in [2.24, 2.45) is 0 Å². The zero-order chi connectivity index (χ0) is 13.1. The first kappa shape index (κ1) is 13.4. The molecule has 0 aliphatic carbocycles. The fraction of sp³-hybridized carbons (Fsp3) is 0.455. The van der Waals surface area contributed by atoms with Crippen molar-refractivity contribution in [3.63, 3.8) is 0 Å². The van der Waals surface area contributed by atoms with Crippen LogP contribution in [0.3, 0.4) is 0 Å². The molecule has 0 atom stereocenters. The van der Waals surface area contributed by atoms with E-state index in [-0.39, 0.29) is 18.8 Å². The van der Waals surface area contributed by atoms with Gasteiger partial charge in [0.15, 0.2) is 0 Å². The van der Waals surface area contributed by atoms with Gasteiger partial charge in [0.05, 0.1) is 30.0 Å². The van der Waals surface area contributed by atoms with Crippen LogP contribution < -0.4 is 5.32 Å². The maximum absolute atomic E-state index is 10.8. The third-order valence-electron chi connectivity index (χ3n) is 2.44. The minimum Gasteiger partial charge on any atom is -0.478 e. The van der Waals surface area contributed by atoms with Gasteiger partial charge in [-0.15, -0.1) is 0 Å². The molecule has 0 saturated heterocycles. The molecule has 6 heteroatoms. The van der Waals surface area contributed by atoms with Crippen LogP contribution >= 0.6 is 0 Å². The summed E-state index contributed by atoms with van der Waals surface area (Å²) < 4.78 is 0. The zero-order valence-corrected chi connectivity index (χ0v) is 9.77. The third kappa shape index (κ3) is 3.15. The molecule has 0 unspecified atom stereocenters. The van der Waals surface area contributed by atoms with Crippen molar-refractivity contribution in [1.29, 1.82) is 0 Å². The van der Waals surface area contributed by atoms with Crippen LogP contribution in [0.4, 0.5) is 5.82 Å². The van der Waals surface area contributed by atoms with Crippen molar-refractivity contribution < 1.29 is 20.1 Å². The van der Waals surface area contributed by atoms with Gasteiger partial charge in [-0.2, -0.15) is 0 Å². The molecule has 0 bridgehead atoms. The molecular weight excluding hydrogens is 224 g/mol. The SMILES string of the molecule is Cc1nc(NC(C)(CO)CO)ccc1C(=O)O. The van der Waals surface area contributed by atoms with Gasteiger partial charge in [-0.3, -0.25) is 0 Å². The van der Waals surface area contributed by atoms with Crippen LogP contribution in [0.15, 0.2) is 12.1 Å². The molecule has 0 aromatic carbocycles. The molecule has 1 rings (SSSR count). The Morgan fingerprint density at radius 2 is 2.00 bits per heavy atom. The number of aromatic carboxylic acids is 1. The van der Waals surface area contributed by atoms with Gasteiger partial charge in [0.25, 0.3) is 0 Å². The number of carboxylic acids is 1. The molecule has 1 aromatic rings. The highest BCUT2D eigenvalue weighted by atomic mass is 16.4. The number of aromatic nitrogens is 1. The number of pyridine rings is 1. The highest BCUT2D eigenvalue weighted by Gasteiger charge is 2.22. The number of aryl methyl sites for hydroxylation is 1. The Kier molecular flexibility index (Phi) is 4.03. The average molecular weight is 240 g/mol. The number of nitrogens with zero attached hydrogens (tertiary/aromatic N) is 1. The monoisotopic (exact) mass is 240 g/mol. The van der Waals surface area contributed by atoms with Crippen LogP contribution in [-0.4, -0.2) is 45.0 Å². The number of carbonyl (C=O) groups is 1. The molecule has 0 radical (unpaired) electrons. The van der Waals surface area contributed by atoms with E-state index in [1.807, 2.05) is 0 Å². The molecule has 94 valence electrons. The van der Waals surface area contributed by atoms with E-state index in [1.54, 1.807) is 13.8 Å². The van der Waals surface area contributed by atoms with Crippen molar-refractivity contribution in [3.8, 4) is 0 Å². The summed E-state index contributed by atoms with van der Waals surface area (Å²) in [5, 5.41) is 29.9. The Bertz CT molecular complexity index is 416. The molecule has 0 aliphatic heterocycles. The predicted octanol–water partition coefficient (Wildman–Crippen LogP) is 0.243. The minimum absolute atomic E-state index is 0.130. The fourth-order valence-electron chi connectivity index (χ4n) is 1.29. The van der Waals surface area contributed by atoms with E-state index in [9.17, 15) is 4.79 Å². The Morgan fingerprint density at radius 1 is 1.41 bits per heavy atom. The van der Waals surface area contributed by atoms with Crippen LogP contribution in [0, 0.1) is 6.92 Å². The van der Waals surface area contributed by atoms with Crippen molar-refractivity contribution in [1.82, 2.24) is 4.98 Å². The molecule has 0 fully saturated rings. The molecule has 4 N–H and O–H groups in total. The Morgan fingerprint density at radius 3 is 2.41 bits per heavy atom. The molecule has 1 heterocycles. The van der Waals surface area contributed by atoms with E-state index in [1.165, 1.54) is 12.1 Å². The van der Waals surface area contributed by atoms with Gasteiger partial charge in [-0.1, -0.05) is 0 Å². The molecule has 0 spiro atoms. The lowest BCUT2D eigenvalue weighted by molar-refractivity contribution is 0.0695. The summed E-state index contributed by atoms with van der Waals surface area (Å²) in [4.78, 5) is 14.9. The van der Waals surface area contributed by atoms with Crippen LogP contribution in [0.1, 0.15) is 23.0 Å². The first-order valence-corrected chi connectivity index (χ1v) is 5.13. The fourth-order valence-corrected chi connectivity index (χ4v) is 1.29. The number of carboxylic acid groups (broad SMARTS) is 1. The Hall–Kier alpha value is -1.66. The summed E-state index contributed by atoms with van der Waals surface area (Å²) >= 11 is 0. The summed E-state index contributed by atoms with van der Waals surface area (Å²) in [7, 11) is 0. The lowest BCUT2D eigenvalue weighted by atomic mass is 10.1. The number of rotatable bonds is 5. The Balaban J connectivity index is 2.95. The number of nitrogens with one attached hydrogen (secondary N) is 1. The zero-order valence-electron chi connectivity index (χ0n) is 9.77. The van der Waals surface area contributed by atoms with E-state index in [0.717, 1.165) is 0 Å². The number of hydrogen-bond acceptors (Lipinski definition) is 5. The molecule has 0 aliphatic rings. The molecule has 1 aromatic heterocycles. The smallest absolute Gasteiger partial charge is 0.337 e. The molecule has 17 heavy (non-hydrogen) atoms. The average Bonchev–Trinajstić information content (AvgIpc) is 2.28. The summed E-state index contributed by atoms with van der Waals surface area (Å²) in [6, 6.07) is 2.93. The Labute approximate surface area is 98.9 Å². The third-order valence-corrected chi connectivity index (χ3v) is 2.44. The second-order valence-electron chi connectivity index (χ2n) is 4.14. The van der Waals surface area contributed by atoms with Crippen molar-refractivity contribution >= 4 is 11.8 Å². The van der Waals surface area contributed by atoms with Crippen molar-refractivity contribution in [3.05, 3.63) is 23.4 Å². The van der Waals surface area contributed by atoms with Gasteiger partial charge in [0.1, 0.15) is 5.82 Å². The summed E-state index contributed by atoms with van der Waals surface area (Å²) in [6.45, 7) is 2.70. The van der Waals surface area contributed by atoms with E-state index in [4.69, 9.17) is 15.3 Å². The van der Waals surface area contributed by atoms with E-state index in [0.29, 0.717) is 11.5 Å². The summed E-state index contributed by atoms with van der Waals surface area (Å²) in [5.41, 5.74) is -0.379. The summed E-state index contributed by atoms with van der Waals surface area (Å²) in [5.74, 6) is -0.619. The minimum atomic E-state index is -1.03. The van der Waals surface area contributed by atoms with Gasteiger partial charge in [-0.05, 0) is 26.0 Å². The number of anilines is 1. The normalized spacial score (nSPS) is 11.3. The van der Waals surface area contributed by atoms with Gasteiger partial charge in [0.2, 0.25) is 0 Å². The van der Waals surface area contributed by atoms with Crippen LogP contribution in [0.25, 0.3) is 0 Å². The van der Waals surface area contributed by atoms with Gasteiger partial charge < -0.3 is 20.6 Å². The highest BCUT2D eigenvalue weighted by Crippen LogP contribution is 2.15. The molecule has 0 saturated carbocycles. The van der Waals surface area contributed by atoms with Crippen LogP contribution in [0.2, 0.25) is 0 Å². The predicted molar refractivity (Wildman–Crippen MR) is 62.1 cm³/mol. The number of aliphatic hydroxyl groups is 2. The highest BCUT2D eigenvalue weighted by molar-refractivity contribution is 5.89. The second kappa shape index (κ2) is 5.11. The molecule has 0 amide bonds. The maximum Gasteiger partial charge on any atom is 0.337 e. The lowest BCUT2D eigenvalue weighted by Gasteiger charge is -2.27. The number of aliphatic hydroxyl groups excluding tert-OH is 2. The second-order valence-corrected chi connectivity index (χ2v) is 4.14. The standard InChI is InChI=1S/C11H16N2O4/c1-7-8(10(16)17)3-4-9(12-7)13-11(2,5-14)6-15/h3-4,14-15H,5-6H2,1-2H3,(H,12,13)(H,16,17). The van der Waals surface area contributed by atoms with Crippen LogP contribution in [0.5, 0.6) is 0 Å². The topological polar surface area (TPSA) is 103 Å². The quantitative estimate of drug-likeness (QED) is 0.588. The van der Waals surface area contributed by atoms with Crippen LogP contribution in [-0.2, 0) is 0 Å². The summed E-state index contributed by atoms with van der Waals surface area (Å²) in [6.07, 6.45) is 0. The molecular formula is C11H16N2O4. The van der Waals surface area contributed by atoms with Gasteiger partial charge in [0, 0.05) is 0 Å². The molecule has 6 nitrogen and oxygen atoms in total. The largest absolute Gasteiger partial charge is 0.478 e. The van der Waals surface area contributed by atoms with Crippen molar-refractivity contribution in [2.45, 2.75) is 19.4 Å². The first-order valence-electron chi connectivity index (χ1n) is 5.13.